The maximum Gasteiger partial charge on any atom is 0.221 e. The summed E-state index contributed by atoms with van der Waals surface area (Å²) in [5.74, 6) is -0.213. The Hall–Kier alpha value is -1.85. The van der Waals surface area contributed by atoms with Crippen molar-refractivity contribution < 1.29 is 13.2 Å². The van der Waals surface area contributed by atoms with E-state index < -0.39 is 9.84 Å². The van der Waals surface area contributed by atoms with Crippen LogP contribution >= 0.6 is 11.6 Å². The Balaban J connectivity index is 2.37. The summed E-state index contributed by atoms with van der Waals surface area (Å²) in [5.41, 5.74) is 0.544. The lowest BCUT2D eigenvalue weighted by atomic mass is 10.3. The number of hydrogen-bond donors (Lipinski definition) is 1. The highest BCUT2D eigenvalue weighted by molar-refractivity contribution is 7.91. The average molecular weight is 310 g/mol. The average Bonchev–Trinajstić information content (AvgIpc) is 2.38. The molecule has 0 saturated carbocycles. The van der Waals surface area contributed by atoms with Gasteiger partial charge in [-0.3, -0.25) is 4.79 Å². The van der Waals surface area contributed by atoms with E-state index in [1.807, 2.05) is 0 Å². The maximum absolute atomic E-state index is 12.4. The molecule has 0 saturated heterocycles. The van der Waals surface area contributed by atoms with Crippen LogP contribution in [0.4, 0.5) is 5.69 Å². The van der Waals surface area contributed by atoms with Gasteiger partial charge in [0.2, 0.25) is 15.7 Å². The Bertz CT molecular complexity index is 739. The van der Waals surface area contributed by atoms with E-state index in [1.54, 1.807) is 24.3 Å². The first-order valence-electron chi connectivity index (χ1n) is 5.78. The molecule has 0 unspecified atom stereocenters. The van der Waals surface area contributed by atoms with Crippen LogP contribution in [0.3, 0.4) is 0 Å². The van der Waals surface area contributed by atoms with Gasteiger partial charge in [0.25, 0.3) is 0 Å². The highest BCUT2D eigenvalue weighted by Crippen LogP contribution is 2.24. The van der Waals surface area contributed by atoms with Gasteiger partial charge in [-0.25, -0.2) is 8.42 Å². The van der Waals surface area contributed by atoms with Gasteiger partial charge >= 0.3 is 0 Å². The summed E-state index contributed by atoms with van der Waals surface area (Å²) in [6, 6.07) is 12.1. The molecule has 1 N–H and O–H groups in total. The van der Waals surface area contributed by atoms with E-state index >= 15 is 0 Å². The van der Waals surface area contributed by atoms with Gasteiger partial charge in [0.1, 0.15) is 0 Å². The number of nitrogens with one attached hydrogen (secondary N) is 1. The molecule has 0 fully saturated rings. The van der Waals surface area contributed by atoms with Crippen molar-refractivity contribution in [1.29, 1.82) is 0 Å². The lowest BCUT2D eigenvalue weighted by Crippen LogP contribution is -2.06. The molecule has 0 spiro atoms. The summed E-state index contributed by atoms with van der Waals surface area (Å²) in [7, 11) is -3.60. The minimum absolute atomic E-state index is 0.136. The number of anilines is 1. The molecule has 0 bridgehead atoms. The number of hydrogen-bond acceptors (Lipinski definition) is 3. The van der Waals surface area contributed by atoms with Crippen molar-refractivity contribution in [2.75, 3.05) is 5.32 Å². The van der Waals surface area contributed by atoms with Crippen molar-refractivity contribution in [3.8, 4) is 0 Å². The van der Waals surface area contributed by atoms with Crippen LogP contribution in [-0.4, -0.2) is 14.3 Å². The fourth-order valence-electron chi connectivity index (χ4n) is 1.69. The molecule has 2 aromatic rings. The molecule has 0 radical (unpaired) electrons. The summed E-state index contributed by atoms with van der Waals surface area (Å²) in [6.45, 7) is 1.39. The van der Waals surface area contributed by atoms with Gasteiger partial charge in [-0.1, -0.05) is 17.7 Å². The molecular formula is C14H12ClNO3S. The third kappa shape index (κ3) is 3.18. The standard InChI is InChI=1S/C14H12ClNO3S/c1-10(17)16-12-5-7-13(8-6-12)20(18,19)14-4-2-3-11(15)9-14/h2-9H,1H3,(H,16,17). The fourth-order valence-corrected chi connectivity index (χ4v) is 3.25. The van der Waals surface area contributed by atoms with E-state index in [1.165, 1.54) is 31.2 Å². The number of carbonyl (C=O) groups is 1. The van der Waals surface area contributed by atoms with Crippen molar-refractivity contribution in [1.82, 2.24) is 0 Å². The lowest BCUT2D eigenvalue weighted by Gasteiger charge is -2.06. The fraction of sp³-hybridized carbons (Fsp3) is 0.0714. The summed E-state index contributed by atoms with van der Waals surface area (Å²) in [6.07, 6.45) is 0. The van der Waals surface area contributed by atoms with Gasteiger partial charge in [0.15, 0.2) is 0 Å². The predicted octanol–water partition coefficient (Wildman–Crippen LogP) is 3.13. The zero-order valence-corrected chi connectivity index (χ0v) is 12.2. The molecule has 0 aliphatic heterocycles. The number of amides is 1. The van der Waals surface area contributed by atoms with Gasteiger partial charge in [0, 0.05) is 17.6 Å². The Kier molecular flexibility index (Phi) is 4.11. The molecule has 1 amide bonds. The van der Waals surface area contributed by atoms with Crippen molar-refractivity contribution in [3.05, 3.63) is 53.6 Å². The number of halogens is 1. The van der Waals surface area contributed by atoms with Crippen molar-refractivity contribution >= 4 is 33.0 Å². The van der Waals surface area contributed by atoms with Gasteiger partial charge in [-0.05, 0) is 42.5 Å². The Morgan fingerprint density at radius 3 is 2.25 bits per heavy atom. The minimum atomic E-state index is -3.60. The van der Waals surface area contributed by atoms with Crippen LogP contribution in [0.5, 0.6) is 0 Å². The Morgan fingerprint density at radius 1 is 1.05 bits per heavy atom. The van der Waals surface area contributed by atoms with Crippen LogP contribution in [0, 0.1) is 0 Å². The highest BCUT2D eigenvalue weighted by Gasteiger charge is 2.17. The summed E-state index contributed by atoms with van der Waals surface area (Å²) in [5, 5.41) is 2.94. The minimum Gasteiger partial charge on any atom is -0.326 e. The van der Waals surface area contributed by atoms with Gasteiger partial charge in [0.05, 0.1) is 9.79 Å². The first kappa shape index (κ1) is 14.6. The molecule has 0 heterocycles. The van der Waals surface area contributed by atoms with E-state index in [0.717, 1.165) is 0 Å². The van der Waals surface area contributed by atoms with Crippen molar-refractivity contribution in [2.45, 2.75) is 16.7 Å². The molecule has 0 aliphatic carbocycles. The second kappa shape index (κ2) is 5.64. The number of sulfone groups is 1. The van der Waals surface area contributed by atoms with Crippen LogP contribution in [0.2, 0.25) is 5.02 Å². The topological polar surface area (TPSA) is 63.2 Å². The number of benzene rings is 2. The normalized spacial score (nSPS) is 11.1. The quantitative estimate of drug-likeness (QED) is 0.947. The number of rotatable bonds is 3. The summed E-state index contributed by atoms with van der Waals surface area (Å²) < 4.78 is 24.7. The van der Waals surface area contributed by atoms with Crippen LogP contribution in [0.1, 0.15) is 6.92 Å². The first-order chi connectivity index (χ1) is 9.39. The predicted molar refractivity (Wildman–Crippen MR) is 77.6 cm³/mol. The highest BCUT2D eigenvalue weighted by atomic mass is 35.5. The van der Waals surface area contributed by atoms with Crippen molar-refractivity contribution in [2.24, 2.45) is 0 Å². The Labute approximate surface area is 122 Å². The molecule has 20 heavy (non-hydrogen) atoms. The van der Waals surface area contributed by atoms with Gasteiger partial charge in [-0.15, -0.1) is 0 Å². The zero-order valence-electron chi connectivity index (χ0n) is 10.6. The lowest BCUT2D eigenvalue weighted by molar-refractivity contribution is -0.114. The third-order valence-electron chi connectivity index (χ3n) is 2.59. The molecule has 0 aliphatic rings. The second-order valence-corrected chi connectivity index (χ2v) is 6.55. The van der Waals surface area contributed by atoms with Gasteiger partial charge < -0.3 is 5.32 Å². The van der Waals surface area contributed by atoms with Crippen LogP contribution in [-0.2, 0) is 14.6 Å². The smallest absolute Gasteiger partial charge is 0.221 e. The van der Waals surface area contributed by atoms with E-state index in [0.29, 0.717) is 10.7 Å². The monoisotopic (exact) mass is 309 g/mol. The molecular weight excluding hydrogens is 298 g/mol. The molecule has 104 valence electrons. The molecule has 6 heteroatoms. The van der Waals surface area contributed by atoms with Crippen LogP contribution in [0.25, 0.3) is 0 Å². The summed E-state index contributed by atoms with van der Waals surface area (Å²) in [4.78, 5) is 11.2. The third-order valence-corrected chi connectivity index (χ3v) is 4.59. The molecule has 4 nitrogen and oxygen atoms in total. The number of carbonyl (C=O) groups excluding carboxylic acids is 1. The molecule has 2 aromatic carbocycles. The van der Waals surface area contributed by atoms with E-state index in [-0.39, 0.29) is 15.7 Å². The van der Waals surface area contributed by atoms with Crippen molar-refractivity contribution in [3.63, 3.8) is 0 Å². The molecule has 0 aromatic heterocycles. The summed E-state index contributed by atoms with van der Waals surface area (Å²) >= 11 is 5.81. The van der Waals surface area contributed by atoms with E-state index in [9.17, 15) is 13.2 Å². The largest absolute Gasteiger partial charge is 0.326 e. The zero-order chi connectivity index (χ0) is 14.8. The van der Waals surface area contributed by atoms with E-state index in [2.05, 4.69) is 5.32 Å². The second-order valence-electron chi connectivity index (χ2n) is 4.17. The SMILES string of the molecule is CC(=O)Nc1ccc(S(=O)(=O)c2cccc(Cl)c2)cc1. The molecule has 0 atom stereocenters. The molecule has 2 rings (SSSR count). The first-order valence-corrected chi connectivity index (χ1v) is 7.64. The van der Waals surface area contributed by atoms with Crippen LogP contribution < -0.4 is 5.32 Å². The Morgan fingerprint density at radius 2 is 1.70 bits per heavy atom. The van der Waals surface area contributed by atoms with Crippen LogP contribution in [0.15, 0.2) is 58.3 Å². The van der Waals surface area contributed by atoms with E-state index in [4.69, 9.17) is 11.6 Å². The maximum atomic E-state index is 12.4. The van der Waals surface area contributed by atoms with Gasteiger partial charge in [-0.2, -0.15) is 0 Å².